The SMILES string of the molecule is CCCC1(CNc2ccc(C(=O)O)c([N+](=O)[O-])c2)CC1. The molecule has 0 aliphatic heterocycles. The van der Waals surface area contributed by atoms with Crippen LogP contribution >= 0.6 is 0 Å². The van der Waals surface area contributed by atoms with E-state index in [0.29, 0.717) is 11.1 Å². The number of nitrogens with one attached hydrogen (secondary N) is 1. The summed E-state index contributed by atoms with van der Waals surface area (Å²) in [6.45, 7) is 2.93. The second-order valence-electron chi connectivity index (χ2n) is 5.40. The third kappa shape index (κ3) is 3.07. The van der Waals surface area contributed by atoms with Gasteiger partial charge in [0.25, 0.3) is 5.69 Å². The Morgan fingerprint density at radius 1 is 1.50 bits per heavy atom. The van der Waals surface area contributed by atoms with Gasteiger partial charge in [0, 0.05) is 18.3 Å². The van der Waals surface area contributed by atoms with Gasteiger partial charge in [-0.15, -0.1) is 0 Å². The Labute approximate surface area is 117 Å². The van der Waals surface area contributed by atoms with Crippen molar-refractivity contribution < 1.29 is 14.8 Å². The fourth-order valence-corrected chi connectivity index (χ4v) is 2.49. The van der Waals surface area contributed by atoms with Crippen LogP contribution in [-0.2, 0) is 0 Å². The molecule has 1 saturated carbocycles. The highest BCUT2D eigenvalue weighted by Gasteiger charge is 2.41. The standard InChI is InChI=1S/C14H18N2O4/c1-2-5-14(6-7-14)9-15-10-3-4-11(13(17)18)12(8-10)16(19)20/h3-4,8,15H,2,5-7,9H2,1H3,(H,17,18). The van der Waals surface area contributed by atoms with Gasteiger partial charge in [0.1, 0.15) is 5.56 Å². The Balaban J connectivity index is 2.11. The van der Waals surface area contributed by atoms with Gasteiger partial charge in [-0.2, -0.15) is 0 Å². The molecule has 108 valence electrons. The molecule has 0 saturated heterocycles. The molecular formula is C14H18N2O4. The van der Waals surface area contributed by atoms with Crippen molar-refractivity contribution in [3.05, 3.63) is 33.9 Å². The van der Waals surface area contributed by atoms with Gasteiger partial charge >= 0.3 is 5.97 Å². The van der Waals surface area contributed by atoms with Crippen LogP contribution in [0.3, 0.4) is 0 Å². The third-order valence-electron chi connectivity index (χ3n) is 3.83. The van der Waals surface area contributed by atoms with Crippen molar-refractivity contribution in [3.63, 3.8) is 0 Å². The van der Waals surface area contributed by atoms with Gasteiger partial charge in [-0.25, -0.2) is 4.79 Å². The molecule has 20 heavy (non-hydrogen) atoms. The molecule has 1 aliphatic rings. The molecule has 2 rings (SSSR count). The predicted molar refractivity (Wildman–Crippen MR) is 75.1 cm³/mol. The zero-order chi connectivity index (χ0) is 14.8. The minimum atomic E-state index is -1.28. The summed E-state index contributed by atoms with van der Waals surface area (Å²) < 4.78 is 0. The first-order valence-corrected chi connectivity index (χ1v) is 6.73. The van der Waals surface area contributed by atoms with Crippen LogP contribution in [0.5, 0.6) is 0 Å². The first kappa shape index (κ1) is 14.3. The molecule has 0 bridgehead atoms. The average Bonchev–Trinajstić information content (AvgIpc) is 3.16. The molecule has 0 heterocycles. The van der Waals surface area contributed by atoms with Crippen molar-refractivity contribution in [2.24, 2.45) is 5.41 Å². The van der Waals surface area contributed by atoms with E-state index in [1.165, 1.54) is 25.0 Å². The molecule has 0 radical (unpaired) electrons. The summed E-state index contributed by atoms with van der Waals surface area (Å²) in [5.74, 6) is -1.28. The zero-order valence-electron chi connectivity index (χ0n) is 11.4. The van der Waals surface area contributed by atoms with E-state index >= 15 is 0 Å². The Morgan fingerprint density at radius 2 is 2.20 bits per heavy atom. The van der Waals surface area contributed by atoms with E-state index in [2.05, 4.69) is 12.2 Å². The normalized spacial score (nSPS) is 15.7. The van der Waals surface area contributed by atoms with Gasteiger partial charge in [-0.1, -0.05) is 13.3 Å². The average molecular weight is 278 g/mol. The van der Waals surface area contributed by atoms with Crippen molar-refractivity contribution in [1.82, 2.24) is 0 Å². The van der Waals surface area contributed by atoms with Crippen molar-refractivity contribution in [1.29, 1.82) is 0 Å². The van der Waals surface area contributed by atoms with Crippen LogP contribution in [0.4, 0.5) is 11.4 Å². The molecule has 1 aromatic carbocycles. The summed E-state index contributed by atoms with van der Waals surface area (Å²) in [5.41, 5.74) is 0.275. The highest BCUT2D eigenvalue weighted by atomic mass is 16.6. The first-order valence-electron chi connectivity index (χ1n) is 6.73. The molecule has 1 aromatic rings. The van der Waals surface area contributed by atoms with Crippen LogP contribution in [0.2, 0.25) is 0 Å². The van der Waals surface area contributed by atoms with E-state index in [1.54, 1.807) is 6.07 Å². The van der Waals surface area contributed by atoms with E-state index in [1.807, 2.05) is 0 Å². The van der Waals surface area contributed by atoms with Gasteiger partial charge in [0.05, 0.1) is 4.92 Å². The van der Waals surface area contributed by atoms with E-state index in [4.69, 9.17) is 5.11 Å². The fourth-order valence-electron chi connectivity index (χ4n) is 2.49. The minimum Gasteiger partial charge on any atom is -0.477 e. The topological polar surface area (TPSA) is 92.5 Å². The molecular weight excluding hydrogens is 260 g/mol. The largest absolute Gasteiger partial charge is 0.477 e. The molecule has 2 N–H and O–H groups in total. The van der Waals surface area contributed by atoms with E-state index < -0.39 is 10.9 Å². The van der Waals surface area contributed by atoms with Crippen molar-refractivity contribution in [2.45, 2.75) is 32.6 Å². The van der Waals surface area contributed by atoms with E-state index in [-0.39, 0.29) is 11.3 Å². The number of nitrogens with zero attached hydrogens (tertiary/aromatic N) is 1. The number of carbonyl (C=O) groups is 1. The van der Waals surface area contributed by atoms with Crippen LogP contribution in [0, 0.1) is 15.5 Å². The van der Waals surface area contributed by atoms with Gasteiger partial charge in [0.15, 0.2) is 0 Å². The number of nitro benzene ring substituents is 1. The maximum absolute atomic E-state index is 10.9. The Morgan fingerprint density at radius 3 is 2.70 bits per heavy atom. The monoisotopic (exact) mass is 278 g/mol. The lowest BCUT2D eigenvalue weighted by atomic mass is 10.0. The van der Waals surface area contributed by atoms with Gasteiger partial charge in [-0.05, 0) is 36.8 Å². The molecule has 0 aromatic heterocycles. The Hall–Kier alpha value is -2.11. The van der Waals surface area contributed by atoms with Crippen molar-refractivity contribution >= 4 is 17.3 Å². The summed E-state index contributed by atoms with van der Waals surface area (Å²) in [7, 11) is 0. The van der Waals surface area contributed by atoms with Gasteiger partial charge in [0.2, 0.25) is 0 Å². The molecule has 6 nitrogen and oxygen atoms in total. The van der Waals surface area contributed by atoms with Crippen LogP contribution in [0.15, 0.2) is 18.2 Å². The highest BCUT2D eigenvalue weighted by molar-refractivity contribution is 5.93. The lowest BCUT2D eigenvalue weighted by Gasteiger charge is -2.15. The molecule has 0 unspecified atom stereocenters. The molecule has 6 heteroatoms. The van der Waals surface area contributed by atoms with Crippen LogP contribution < -0.4 is 5.32 Å². The number of nitro groups is 1. The number of hydrogen-bond acceptors (Lipinski definition) is 4. The van der Waals surface area contributed by atoms with E-state index in [0.717, 1.165) is 19.4 Å². The number of aromatic carboxylic acids is 1. The third-order valence-corrected chi connectivity index (χ3v) is 3.83. The lowest BCUT2D eigenvalue weighted by Crippen LogP contribution is -2.15. The maximum Gasteiger partial charge on any atom is 0.342 e. The number of anilines is 1. The summed E-state index contributed by atoms with van der Waals surface area (Å²) in [5, 5.41) is 23.0. The van der Waals surface area contributed by atoms with Crippen LogP contribution in [0.1, 0.15) is 43.0 Å². The first-order chi connectivity index (χ1) is 9.47. The lowest BCUT2D eigenvalue weighted by molar-refractivity contribution is -0.385. The summed E-state index contributed by atoms with van der Waals surface area (Å²) in [4.78, 5) is 21.2. The van der Waals surface area contributed by atoms with Crippen molar-refractivity contribution in [3.8, 4) is 0 Å². The Bertz CT molecular complexity index is 538. The van der Waals surface area contributed by atoms with Gasteiger partial charge in [-0.3, -0.25) is 10.1 Å². The Kier molecular flexibility index (Phi) is 3.92. The zero-order valence-corrected chi connectivity index (χ0v) is 11.4. The molecule has 0 spiro atoms. The minimum absolute atomic E-state index is 0.282. The quantitative estimate of drug-likeness (QED) is 0.589. The predicted octanol–water partition coefficient (Wildman–Crippen LogP) is 3.29. The van der Waals surface area contributed by atoms with Crippen LogP contribution in [-0.4, -0.2) is 22.5 Å². The van der Waals surface area contributed by atoms with E-state index in [9.17, 15) is 14.9 Å². The number of rotatable bonds is 7. The smallest absolute Gasteiger partial charge is 0.342 e. The molecule has 1 fully saturated rings. The molecule has 1 aliphatic carbocycles. The second-order valence-corrected chi connectivity index (χ2v) is 5.40. The summed E-state index contributed by atoms with van der Waals surface area (Å²) in [6, 6.07) is 4.16. The summed E-state index contributed by atoms with van der Waals surface area (Å²) in [6.07, 6.45) is 4.64. The summed E-state index contributed by atoms with van der Waals surface area (Å²) >= 11 is 0. The highest BCUT2D eigenvalue weighted by Crippen LogP contribution is 2.49. The maximum atomic E-state index is 10.9. The van der Waals surface area contributed by atoms with Gasteiger partial charge < -0.3 is 10.4 Å². The molecule has 0 atom stereocenters. The molecule has 0 amide bonds. The number of carboxylic acid groups (broad SMARTS) is 1. The second kappa shape index (κ2) is 5.48. The number of carboxylic acids is 1. The number of benzene rings is 1. The van der Waals surface area contributed by atoms with Crippen LogP contribution in [0.25, 0.3) is 0 Å². The fraction of sp³-hybridized carbons (Fsp3) is 0.500. The number of hydrogen-bond donors (Lipinski definition) is 2. The van der Waals surface area contributed by atoms with Crippen molar-refractivity contribution in [2.75, 3.05) is 11.9 Å².